The summed E-state index contributed by atoms with van der Waals surface area (Å²) in [6.07, 6.45) is 5.70. The van der Waals surface area contributed by atoms with Crippen LogP contribution in [0.5, 0.6) is 11.5 Å². The second-order valence-corrected chi connectivity index (χ2v) is 9.75. The molecule has 0 saturated heterocycles. The molecule has 0 aliphatic heterocycles. The van der Waals surface area contributed by atoms with Crippen LogP contribution in [0.25, 0.3) is 22.3 Å². The van der Waals surface area contributed by atoms with Crippen molar-refractivity contribution in [1.82, 2.24) is 0 Å². The van der Waals surface area contributed by atoms with E-state index in [1.54, 1.807) is 0 Å². The van der Waals surface area contributed by atoms with Gasteiger partial charge in [0.05, 0.1) is 0 Å². The van der Waals surface area contributed by atoms with E-state index in [1.807, 2.05) is 50.2 Å². The van der Waals surface area contributed by atoms with Crippen molar-refractivity contribution >= 4 is 0 Å². The summed E-state index contributed by atoms with van der Waals surface area (Å²) in [4.78, 5) is 0. The summed E-state index contributed by atoms with van der Waals surface area (Å²) in [7, 11) is 0. The van der Waals surface area contributed by atoms with Gasteiger partial charge in [-0.2, -0.15) is 0 Å². The summed E-state index contributed by atoms with van der Waals surface area (Å²) < 4.78 is 0. The summed E-state index contributed by atoms with van der Waals surface area (Å²) in [5.74, 6) is 0.709. The minimum Gasteiger partial charge on any atom is -0.507 e. The van der Waals surface area contributed by atoms with Crippen LogP contribution in [0.15, 0.2) is 84.9 Å². The SMILES string of the molecule is Cc1cc(C2(c3cc(C)c(O)c(-c4ccccc4)c3)CCCCC2)cc(-c2ccccc2)c1O. The van der Waals surface area contributed by atoms with Gasteiger partial charge in [0.2, 0.25) is 0 Å². The normalized spacial score (nSPS) is 15.2. The predicted molar refractivity (Wildman–Crippen MR) is 140 cm³/mol. The van der Waals surface area contributed by atoms with Crippen molar-refractivity contribution in [2.75, 3.05) is 0 Å². The maximum absolute atomic E-state index is 11.0. The standard InChI is InChI=1S/C32H32O2/c1-22-18-26(20-28(30(22)33)24-12-6-3-7-13-24)32(16-10-5-11-17-32)27-19-23(2)31(34)29(21-27)25-14-8-4-9-15-25/h3-4,6-9,12-15,18-21,33-34H,5,10-11,16-17H2,1-2H3. The van der Waals surface area contributed by atoms with Gasteiger partial charge >= 0.3 is 0 Å². The van der Waals surface area contributed by atoms with Gasteiger partial charge < -0.3 is 10.2 Å². The lowest BCUT2D eigenvalue weighted by molar-refractivity contribution is 0.345. The van der Waals surface area contributed by atoms with Crippen LogP contribution in [0.3, 0.4) is 0 Å². The van der Waals surface area contributed by atoms with Gasteiger partial charge in [-0.1, -0.05) is 92.1 Å². The van der Waals surface area contributed by atoms with Gasteiger partial charge in [-0.15, -0.1) is 0 Å². The Morgan fingerprint density at radius 2 is 0.971 bits per heavy atom. The molecule has 2 heteroatoms. The molecule has 0 bridgehead atoms. The quantitative estimate of drug-likeness (QED) is 0.330. The molecule has 0 spiro atoms. The first kappa shape index (κ1) is 22.3. The van der Waals surface area contributed by atoms with Crippen LogP contribution in [-0.4, -0.2) is 10.2 Å². The van der Waals surface area contributed by atoms with E-state index in [4.69, 9.17) is 0 Å². The minimum atomic E-state index is -0.151. The molecule has 4 aromatic carbocycles. The lowest BCUT2D eigenvalue weighted by atomic mass is 9.64. The van der Waals surface area contributed by atoms with E-state index < -0.39 is 0 Å². The molecule has 2 nitrogen and oxygen atoms in total. The number of hydrogen-bond acceptors (Lipinski definition) is 2. The molecule has 0 unspecified atom stereocenters. The van der Waals surface area contributed by atoms with Crippen LogP contribution in [-0.2, 0) is 5.41 Å². The zero-order valence-corrected chi connectivity index (χ0v) is 20.0. The van der Waals surface area contributed by atoms with E-state index in [-0.39, 0.29) is 5.41 Å². The van der Waals surface area contributed by atoms with Gasteiger partial charge in [-0.25, -0.2) is 0 Å². The monoisotopic (exact) mass is 448 g/mol. The number of aromatic hydroxyl groups is 2. The molecule has 1 aliphatic carbocycles. The number of rotatable bonds is 4. The molecule has 2 N–H and O–H groups in total. The third-order valence-electron chi connectivity index (χ3n) is 7.58. The van der Waals surface area contributed by atoms with Gasteiger partial charge in [0.15, 0.2) is 0 Å². The van der Waals surface area contributed by atoms with Crippen molar-refractivity contribution < 1.29 is 10.2 Å². The highest BCUT2D eigenvalue weighted by molar-refractivity contribution is 5.75. The van der Waals surface area contributed by atoms with Crippen molar-refractivity contribution in [3.63, 3.8) is 0 Å². The van der Waals surface area contributed by atoms with E-state index in [2.05, 4.69) is 48.5 Å². The molecule has 1 aliphatic rings. The average molecular weight is 449 g/mol. The van der Waals surface area contributed by atoms with E-state index in [1.165, 1.54) is 30.4 Å². The highest BCUT2D eigenvalue weighted by atomic mass is 16.3. The molecule has 0 radical (unpaired) electrons. The number of phenols is 2. The second kappa shape index (κ2) is 9.02. The minimum absolute atomic E-state index is 0.151. The van der Waals surface area contributed by atoms with Gasteiger partial charge in [0.1, 0.15) is 11.5 Å². The Kier molecular flexibility index (Phi) is 5.91. The van der Waals surface area contributed by atoms with Gasteiger partial charge in [0.25, 0.3) is 0 Å². The molecule has 0 heterocycles. The molecule has 172 valence electrons. The van der Waals surface area contributed by atoms with E-state index >= 15 is 0 Å². The van der Waals surface area contributed by atoms with Crippen LogP contribution in [0.1, 0.15) is 54.4 Å². The van der Waals surface area contributed by atoms with Crippen molar-refractivity contribution in [2.45, 2.75) is 51.4 Å². The van der Waals surface area contributed by atoms with E-state index in [0.29, 0.717) is 11.5 Å². The summed E-state index contributed by atoms with van der Waals surface area (Å²) in [5, 5.41) is 21.9. The smallest absolute Gasteiger partial charge is 0.126 e. The molecule has 4 aromatic rings. The first-order valence-electron chi connectivity index (χ1n) is 12.3. The zero-order valence-electron chi connectivity index (χ0n) is 20.0. The molecule has 0 aromatic heterocycles. The van der Waals surface area contributed by atoms with Crippen LogP contribution in [0.2, 0.25) is 0 Å². The van der Waals surface area contributed by atoms with Crippen molar-refractivity contribution in [1.29, 1.82) is 0 Å². The summed E-state index contributed by atoms with van der Waals surface area (Å²) in [6.45, 7) is 4.00. The number of benzene rings is 4. The Morgan fingerprint density at radius 3 is 1.38 bits per heavy atom. The second-order valence-electron chi connectivity index (χ2n) is 9.75. The third kappa shape index (κ3) is 3.88. The maximum atomic E-state index is 11.0. The van der Waals surface area contributed by atoms with Gasteiger partial charge in [-0.3, -0.25) is 0 Å². The Labute approximate surface area is 202 Å². The topological polar surface area (TPSA) is 40.5 Å². The molecule has 0 amide bonds. The van der Waals surface area contributed by atoms with Crippen molar-refractivity contribution in [2.24, 2.45) is 0 Å². The Hall–Kier alpha value is -3.52. The maximum Gasteiger partial charge on any atom is 0.126 e. The van der Waals surface area contributed by atoms with E-state index in [0.717, 1.165) is 46.2 Å². The molecular formula is C32H32O2. The molecular weight excluding hydrogens is 416 g/mol. The molecule has 1 saturated carbocycles. The number of phenolic OH excluding ortho intramolecular Hbond substituents is 2. The largest absolute Gasteiger partial charge is 0.507 e. The fraction of sp³-hybridized carbons (Fsp3) is 0.250. The Bertz CT molecular complexity index is 1200. The third-order valence-corrected chi connectivity index (χ3v) is 7.58. The Morgan fingerprint density at radius 1 is 0.559 bits per heavy atom. The lowest BCUT2D eigenvalue weighted by Gasteiger charge is -2.40. The van der Waals surface area contributed by atoms with Crippen LogP contribution in [0.4, 0.5) is 0 Å². The summed E-state index contributed by atoms with van der Waals surface area (Å²) in [5.41, 5.74) is 8.00. The first-order chi connectivity index (χ1) is 16.5. The van der Waals surface area contributed by atoms with Crippen LogP contribution >= 0.6 is 0 Å². The fourth-order valence-electron chi connectivity index (χ4n) is 5.69. The lowest BCUT2D eigenvalue weighted by Crippen LogP contribution is -2.31. The van der Waals surface area contributed by atoms with Crippen LogP contribution < -0.4 is 0 Å². The summed E-state index contributed by atoms with van der Waals surface area (Å²) in [6, 6.07) is 29.1. The molecule has 5 rings (SSSR count). The number of aryl methyl sites for hydroxylation is 2. The van der Waals surface area contributed by atoms with Gasteiger partial charge in [0, 0.05) is 16.5 Å². The fourth-order valence-corrected chi connectivity index (χ4v) is 5.69. The van der Waals surface area contributed by atoms with Crippen LogP contribution in [0, 0.1) is 13.8 Å². The molecule has 0 atom stereocenters. The van der Waals surface area contributed by atoms with E-state index in [9.17, 15) is 10.2 Å². The Balaban J connectivity index is 1.73. The average Bonchev–Trinajstić information content (AvgIpc) is 2.88. The highest BCUT2D eigenvalue weighted by Gasteiger charge is 2.37. The van der Waals surface area contributed by atoms with Crippen molar-refractivity contribution in [3.05, 3.63) is 107 Å². The summed E-state index contributed by atoms with van der Waals surface area (Å²) >= 11 is 0. The first-order valence-corrected chi connectivity index (χ1v) is 12.3. The van der Waals surface area contributed by atoms with Crippen molar-refractivity contribution in [3.8, 4) is 33.8 Å². The molecule has 1 fully saturated rings. The molecule has 34 heavy (non-hydrogen) atoms. The predicted octanol–water partition coefficient (Wildman–Crippen LogP) is 8.30. The highest BCUT2D eigenvalue weighted by Crippen LogP contribution is 2.49. The van der Waals surface area contributed by atoms with Gasteiger partial charge in [-0.05, 0) is 72.2 Å². The number of hydrogen-bond donors (Lipinski definition) is 2. The zero-order chi connectivity index (χ0) is 23.7.